The van der Waals surface area contributed by atoms with E-state index < -0.39 is 5.60 Å². The molecule has 1 aromatic heterocycles. The molecule has 1 amide bonds. The fourth-order valence-electron chi connectivity index (χ4n) is 1.97. The van der Waals surface area contributed by atoms with Crippen LogP contribution in [0.2, 0.25) is 0 Å². The van der Waals surface area contributed by atoms with E-state index in [0.29, 0.717) is 24.3 Å². The number of amides is 1. The highest BCUT2D eigenvalue weighted by Gasteiger charge is 2.34. The summed E-state index contributed by atoms with van der Waals surface area (Å²) in [5.74, 6) is -0.173. The molecule has 6 heteroatoms. The number of hydrogen-bond acceptors (Lipinski definition) is 4. The Kier molecular flexibility index (Phi) is 2.92. The van der Waals surface area contributed by atoms with Gasteiger partial charge in [0.1, 0.15) is 5.60 Å². The van der Waals surface area contributed by atoms with Crippen LogP contribution in [0.1, 0.15) is 21.7 Å². The predicted octanol–water partition coefficient (Wildman–Crippen LogP) is -0.899. The average Bonchev–Trinajstić information content (AvgIpc) is 2.47. The third kappa shape index (κ3) is 2.18. The van der Waals surface area contributed by atoms with Crippen LogP contribution in [-0.2, 0) is 7.05 Å². The van der Waals surface area contributed by atoms with Crippen molar-refractivity contribution in [2.24, 2.45) is 7.05 Å². The molecule has 0 bridgehead atoms. The van der Waals surface area contributed by atoms with Gasteiger partial charge in [0.05, 0.1) is 11.3 Å². The van der Waals surface area contributed by atoms with Crippen LogP contribution < -0.4 is 10.6 Å². The van der Waals surface area contributed by atoms with Crippen LogP contribution in [0.25, 0.3) is 0 Å². The van der Waals surface area contributed by atoms with E-state index in [0.717, 1.165) is 5.69 Å². The Hall–Kier alpha value is -1.40. The fraction of sp³-hybridized carbons (Fsp3) is 0.636. The van der Waals surface area contributed by atoms with Crippen molar-refractivity contribution in [2.75, 3.05) is 19.6 Å². The molecule has 3 N–H and O–H groups in total. The van der Waals surface area contributed by atoms with Crippen LogP contribution in [0.15, 0.2) is 0 Å². The summed E-state index contributed by atoms with van der Waals surface area (Å²) in [5.41, 5.74) is 1.35. The molecule has 6 nitrogen and oxygen atoms in total. The molecule has 0 aliphatic carbocycles. The summed E-state index contributed by atoms with van der Waals surface area (Å²) >= 11 is 0. The molecule has 0 unspecified atom stereocenters. The molecular weight excluding hydrogens is 220 g/mol. The Morgan fingerprint density at radius 3 is 2.65 bits per heavy atom. The minimum absolute atomic E-state index is 0.173. The summed E-state index contributed by atoms with van der Waals surface area (Å²) in [4.78, 5) is 12.0. The van der Waals surface area contributed by atoms with E-state index in [-0.39, 0.29) is 12.5 Å². The number of aliphatic hydroxyl groups is 1. The minimum atomic E-state index is -0.792. The number of β-amino-alcohol motifs (C(OH)–C–C–N with tert-alkyl or cyclic N) is 1. The number of carbonyl (C=O) groups excluding carboxylic acids is 1. The molecular formula is C11H18N4O2. The van der Waals surface area contributed by atoms with Crippen molar-refractivity contribution >= 4 is 5.91 Å². The van der Waals surface area contributed by atoms with Gasteiger partial charge in [0.2, 0.25) is 0 Å². The smallest absolute Gasteiger partial charge is 0.255 e. The highest BCUT2D eigenvalue weighted by Crippen LogP contribution is 2.13. The van der Waals surface area contributed by atoms with Crippen molar-refractivity contribution in [3.8, 4) is 0 Å². The van der Waals surface area contributed by atoms with Gasteiger partial charge in [-0.2, -0.15) is 5.10 Å². The maximum Gasteiger partial charge on any atom is 0.255 e. The zero-order valence-corrected chi connectivity index (χ0v) is 10.4. The Bertz CT molecular complexity index is 449. The molecule has 1 aliphatic rings. The highest BCUT2D eigenvalue weighted by atomic mass is 16.3. The first-order valence-electron chi connectivity index (χ1n) is 5.64. The first-order chi connectivity index (χ1) is 7.93. The molecule has 2 rings (SSSR count). The Morgan fingerprint density at radius 1 is 1.59 bits per heavy atom. The number of aryl methyl sites for hydroxylation is 2. The number of carbonyl (C=O) groups is 1. The SMILES string of the molecule is Cc1nn(C)c(C)c1C(=O)NCC1(O)CNC1. The van der Waals surface area contributed by atoms with Crippen molar-refractivity contribution < 1.29 is 9.90 Å². The van der Waals surface area contributed by atoms with E-state index in [4.69, 9.17) is 0 Å². The van der Waals surface area contributed by atoms with Crippen molar-refractivity contribution in [1.82, 2.24) is 20.4 Å². The number of nitrogens with zero attached hydrogens (tertiary/aromatic N) is 2. The minimum Gasteiger partial charge on any atom is -0.385 e. The zero-order valence-electron chi connectivity index (χ0n) is 10.4. The molecule has 0 aromatic carbocycles. The average molecular weight is 238 g/mol. The lowest BCUT2D eigenvalue weighted by atomic mass is 9.97. The number of nitrogens with one attached hydrogen (secondary N) is 2. The second-order valence-corrected chi connectivity index (χ2v) is 4.68. The van der Waals surface area contributed by atoms with Gasteiger partial charge in [0.15, 0.2) is 0 Å². The van der Waals surface area contributed by atoms with Gasteiger partial charge in [-0.1, -0.05) is 0 Å². The van der Waals surface area contributed by atoms with Gasteiger partial charge in [0.25, 0.3) is 5.91 Å². The van der Waals surface area contributed by atoms with Gasteiger partial charge in [-0.05, 0) is 13.8 Å². The summed E-state index contributed by atoms with van der Waals surface area (Å²) < 4.78 is 1.68. The van der Waals surface area contributed by atoms with E-state index in [2.05, 4.69) is 15.7 Å². The van der Waals surface area contributed by atoms with Crippen LogP contribution in [0.3, 0.4) is 0 Å². The van der Waals surface area contributed by atoms with Crippen LogP contribution >= 0.6 is 0 Å². The molecule has 94 valence electrons. The topological polar surface area (TPSA) is 79.2 Å². The van der Waals surface area contributed by atoms with Gasteiger partial charge < -0.3 is 15.7 Å². The molecule has 1 fully saturated rings. The van der Waals surface area contributed by atoms with Crippen molar-refractivity contribution in [3.63, 3.8) is 0 Å². The van der Waals surface area contributed by atoms with E-state index in [1.165, 1.54) is 0 Å². The third-order valence-electron chi connectivity index (χ3n) is 3.22. The lowest BCUT2D eigenvalue weighted by molar-refractivity contribution is -0.00761. The molecule has 1 saturated heterocycles. The second kappa shape index (κ2) is 4.12. The molecule has 0 saturated carbocycles. The summed E-state index contributed by atoms with van der Waals surface area (Å²) in [6.07, 6.45) is 0. The number of rotatable bonds is 3. The van der Waals surface area contributed by atoms with Gasteiger partial charge in [0, 0.05) is 32.4 Å². The van der Waals surface area contributed by atoms with E-state index in [1.807, 2.05) is 20.9 Å². The Morgan fingerprint density at radius 2 is 2.24 bits per heavy atom. The van der Waals surface area contributed by atoms with Gasteiger partial charge in [-0.25, -0.2) is 0 Å². The summed E-state index contributed by atoms with van der Waals surface area (Å²) in [6, 6.07) is 0. The molecule has 2 heterocycles. The molecule has 0 atom stereocenters. The fourth-order valence-corrected chi connectivity index (χ4v) is 1.97. The summed E-state index contributed by atoms with van der Waals surface area (Å²) in [7, 11) is 1.81. The van der Waals surface area contributed by atoms with Crippen LogP contribution in [0.5, 0.6) is 0 Å². The van der Waals surface area contributed by atoms with Crippen molar-refractivity contribution in [1.29, 1.82) is 0 Å². The number of aromatic nitrogens is 2. The summed E-state index contributed by atoms with van der Waals surface area (Å²) in [6.45, 7) is 4.99. The van der Waals surface area contributed by atoms with E-state index in [9.17, 15) is 9.90 Å². The molecule has 1 aromatic rings. The monoisotopic (exact) mass is 238 g/mol. The third-order valence-corrected chi connectivity index (χ3v) is 3.22. The second-order valence-electron chi connectivity index (χ2n) is 4.68. The maximum absolute atomic E-state index is 12.0. The maximum atomic E-state index is 12.0. The van der Waals surface area contributed by atoms with Gasteiger partial charge >= 0.3 is 0 Å². The normalized spacial score (nSPS) is 17.6. The van der Waals surface area contributed by atoms with Crippen molar-refractivity contribution in [3.05, 3.63) is 17.0 Å². The first kappa shape index (κ1) is 12.1. The van der Waals surface area contributed by atoms with Crippen molar-refractivity contribution in [2.45, 2.75) is 19.4 Å². The predicted molar refractivity (Wildman–Crippen MR) is 62.8 cm³/mol. The number of hydrogen-bond donors (Lipinski definition) is 3. The molecule has 17 heavy (non-hydrogen) atoms. The lowest BCUT2D eigenvalue weighted by Gasteiger charge is -2.37. The first-order valence-corrected chi connectivity index (χ1v) is 5.64. The van der Waals surface area contributed by atoms with E-state index in [1.54, 1.807) is 4.68 Å². The molecule has 1 aliphatic heterocycles. The summed E-state index contributed by atoms with van der Waals surface area (Å²) in [5, 5.41) is 19.8. The Balaban J connectivity index is 2.04. The van der Waals surface area contributed by atoms with Crippen LogP contribution in [0, 0.1) is 13.8 Å². The van der Waals surface area contributed by atoms with Crippen LogP contribution in [0.4, 0.5) is 0 Å². The zero-order chi connectivity index (χ0) is 12.6. The van der Waals surface area contributed by atoms with E-state index >= 15 is 0 Å². The molecule has 0 radical (unpaired) electrons. The molecule has 0 spiro atoms. The largest absolute Gasteiger partial charge is 0.385 e. The van der Waals surface area contributed by atoms with Gasteiger partial charge in [-0.3, -0.25) is 9.48 Å². The van der Waals surface area contributed by atoms with Gasteiger partial charge in [-0.15, -0.1) is 0 Å². The lowest BCUT2D eigenvalue weighted by Crippen LogP contribution is -2.64. The van der Waals surface area contributed by atoms with Crippen LogP contribution in [-0.4, -0.2) is 46.0 Å². The Labute approximate surface area is 100 Å². The quantitative estimate of drug-likeness (QED) is 0.637. The standard InChI is InChI=1S/C11H18N4O2/c1-7-9(8(2)15(3)14-7)10(16)13-6-11(17)4-12-5-11/h12,17H,4-6H2,1-3H3,(H,13,16). The highest BCUT2D eigenvalue weighted by molar-refractivity contribution is 5.96.